The van der Waals surface area contributed by atoms with Crippen LogP contribution in [0, 0.1) is 11.7 Å². The average molecular weight is 323 g/mol. The highest BCUT2D eigenvalue weighted by atomic mass is 35.5. The Labute approximate surface area is 131 Å². The summed E-state index contributed by atoms with van der Waals surface area (Å²) < 4.78 is 13.5. The van der Waals surface area contributed by atoms with Crippen molar-refractivity contribution in [3.63, 3.8) is 0 Å². The van der Waals surface area contributed by atoms with Gasteiger partial charge in [0.05, 0.1) is 0 Å². The number of rotatable bonds is 3. The number of halogens is 3. The Morgan fingerprint density at radius 3 is 2.45 bits per heavy atom. The van der Waals surface area contributed by atoms with Crippen molar-refractivity contribution in [2.75, 3.05) is 26.2 Å². The van der Waals surface area contributed by atoms with Gasteiger partial charge in [0.25, 0.3) is 0 Å². The number of para-hydroxylation sites is 1. The zero-order chi connectivity index (χ0) is 12.5. The van der Waals surface area contributed by atoms with E-state index >= 15 is 0 Å². The third-order valence-corrected chi connectivity index (χ3v) is 3.95. The van der Waals surface area contributed by atoms with Crippen LogP contribution in [-0.4, -0.2) is 36.2 Å². The van der Waals surface area contributed by atoms with E-state index in [1.165, 1.54) is 18.9 Å². The van der Waals surface area contributed by atoms with Crippen LogP contribution in [0.3, 0.4) is 0 Å². The van der Waals surface area contributed by atoms with Crippen LogP contribution in [0.15, 0.2) is 18.2 Å². The molecule has 1 aliphatic carbocycles. The van der Waals surface area contributed by atoms with Gasteiger partial charge in [0.1, 0.15) is 0 Å². The Balaban J connectivity index is 0.000001000. The molecule has 3 nitrogen and oxygen atoms in total. The number of nitrogens with zero attached hydrogens (tertiary/aromatic N) is 1. The maximum Gasteiger partial charge on any atom is 0.165 e. The first kappa shape index (κ1) is 17.5. The topological polar surface area (TPSA) is 35.5 Å². The van der Waals surface area contributed by atoms with Gasteiger partial charge in [0, 0.05) is 37.8 Å². The number of phenols is 1. The minimum absolute atomic E-state index is 0. The number of hydrogen-bond donors (Lipinski definition) is 2. The molecule has 1 aromatic carbocycles. The minimum Gasteiger partial charge on any atom is -0.505 e. The molecule has 2 fully saturated rings. The second-order valence-corrected chi connectivity index (χ2v) is 5.25. The SMILES string of the molecule is Cl.Cl.Oc1c(F)cccc1[C@@H](C1CC1)N1CCNCC1. The smallest absolute Gasteiger partial charge is 0.165 e. The molecular formula is C14H21Cl2FN2O. The molecule has 1 aromatic rings. The molecule has 0 aromatic heterocycles. The maximum absolute atomic E-state index is 13.5. The molecule has 6 heteroatoms. The van der Waals surface area contributed by atoms with E-state index in [4.69, 9.17) is 0 Å². The summed E-state index contributed by atoms with van der Waals surface area (Å²) >= 11 is 0. The predicted molar refractivity (Wildman–Crippen MR) is 82.5 cm³/mol. The third-order valence-electron chi connectivity index (χ3n) is 3.95. The molecule has 114 valence electrons. The number of nitrogens with one attached hydrogen (secondary N) is 1. The number of hydrogen-bond acceptors (Lipinski definition) is 3. The molecule has 2 N–H and O–H groups in total. The molecular weight excluding hydrogens is 302 g/mol. The Morgan fingerprint density at radius 1 is 1.20 bits per heavy atom. The molecule has 2 aliphatic rings. The Morgan fingerprint density at radius 2 is 1.85 bits per heavy atom. The van der Waals surface area contributed by atoms with Crippen molar-refractivity contribution >= 4 is 24.8 Å². The van der Waals surface area contributed by atoms with Gasteiger partial charge in [-0.05, 0) is 24.8 Å². The third kappa shape index (κ3) is 3.55. The first-order valence-electron chi connectivity index (χ1n) is 6.69. The van der Waals surface area contributed by atoms with Gasteiger partial charge in [-0.15, -0.1) is 24.8 Å². The summed E-state index contributed by atoms with van der Waals surface area (Å²) in [6.45, 7) is 3.88. The predicted octanol–water partition coefficient (Wildman–Crippen LogP) is 2.73. The second-order valence-electron chi connectivity index (χ2n) is 5.25. The van der Waals surface area contributed by atoms with Crippen LogP contribution in [0.25, 0.3) is 0 Å². The minimum atomic E-state index is -0.506. The molecule has 20 heavy (non-hydrogen) atoms. The Kier molecular flexibility index (Phi) is 6.52. The molecule has 0 spiro atoms. The van der Waals surface area contributed by atoms with Gasteiger partial charge >= 0.3 is 0 Å². The first-order chi connectivity index (χ1) is 8.77. The van der Waals surface area contributed by atoms with E-state index < -0.39 is 5.82 Å². The summed E-state index contributed by atoms with van der Waals surface area (Å²) in [6, 6.07) is 5.06. The zero-order valence-electron chi connectivity index (χ0n) is 11.2. The highest BCUT2D eigenvalue weighted by molar-refractivity contribution is 5.85. The lowest BCUT2D eigenvalue weighted by atomic mass is 9.98. The van der Waals surface area contributed by atoms with E-state index in [2.05, 4.69) is 10.2 Å². The lowest BCUT2D eigenvalue weighted by Gasteiger charge is -2.35. The number of phenolic OH excluding ortho intramolecular Hbond substituents is 1. The largest absolute Gasteiger partial charge is 0.505 e. The van der Waals surface area contributed by atoms with Crippen molar-refractivity contribution in [3.05, 3.63) is 29.6 Å². The van der Waals surface area contributed by atoms with E-state index in [1.807, 2.05) is 6.07 Å². The lowest BCUT2D eigenvalue weighted by Crippen LogP contribution is -2.45. The second kappa shape index (κ2) is 7.46. The monoisotopic (exact) mass is 322 g/mol. The molecule has 3 rings (SSSR count). The van der Waals surface area contributed by atoms with E-state index in [0.717, 1.165) is 31.7 Å². The van der Waals surface area contributed by atoms with Crippen molar-refractivity contribution in [2.24, 2.45) is 5.92 Å². The summed E-state index contributed by atoms with van der Waals surface area (Å²) in [6.07, 6.45) is 2.37. The van der Waals surface area contributed by atoms with E-state index in [1.54, 1.807) is 6.07 Å². The van der Waals surface area contributed by atoms with E-state index in [0.29, 0.717) is 5.92 Å². The zero-order valence-corrected chi connectivity index (χ0v) is 12.9. The van der Waals surface area contributed by atoms with E-state index in [9.17, 15) is 9.50 Å². The van der Waals surface area contributed by atoms with Crippen molar-refractivity contribution < 1.29 is 9.50 Å². The molecule has 1 heterocycles. The Bertz CT molecular complexity index is 437. The van der Waals surface area contributed by atoms with Gasteiger partial charge in [-0.25, -0.2) is 4.39 Å². The van der Waals surface area contributed by atoms with Gasteiger partial charge in [0.2, 0.25) is 0 Å². The van der Waals surface area contributed by atoms with Gasteiger partial charge < -0.3 is 10.4 Å². The number of aromatic hydroxyl groups is 1. The fourth-order valence-corrected chi connectivity index (χ4v) is 2.89. The quantitative estimate of drug-likeness (QED) is 0.898. The van der Waals surface area contributed by atoms with Crippen LogP contribution in [0.5, 0.6) is 5.75 Å². The normalized spacial score (nSPS) is 20.6. The van der Waals surface area contributed by atoms with Crippen LogP contribution in [0.4, 0.5) is 4.39 Å². The molecule has 0 amide bonds. The summed E-state index contributed by atoms with van der Waals surface area (Å²) in [5, 5.41) is 13.3. The van der Waals surface area contributed by atoms with Crippen LogP contribution in [0.2, 0.25) is 0 Å². The molecule has 1 saturated carbocycles. The maximum atomic E-state index is 13.5. The van der Waals surface area contributed by atoms with Crippen molar-refractivity contribution in [1.82, 2.24) is 10.2 Å². The number of benzene rings is 1. The highest BCUT2D eigenvalue weighted by Crippen LogP contribution is 2.47. The molecule has 0 radical (unpaired) electrons. The van der Waals surface area contributed by atoms with Crippen molar-refractivity contribution in [2.45, 2.75) is 18.9 Å². The fraction of sp³-hybridized carbons (Fsp3) is 0.571. The summed E-state index contributed by atoms with van der Waals surface area (Å²) in [5.41, 5.74) is 0.763. The first-order valence-corrected chi connectivity index (χ1v) is 6.69. The highest BCUT2D eigenvalue weighted by Gasteiger charge is 2.38. The van der Waals surface area contributed by atoms with Crippen LogP contribution in [-0.2, 0) is 0 Å². The van der Waals surface area contributed by atoms with Crippen LogP contribution in [0.1, 0.15) is 24.4 Å². The summed E-state index contributed by atoms with van der Waals surface area (Å²) in [7, 11) is 0. The number of piperazine rings is 1. The van der Waals surface area contributed by atoms with Gasteiger partial charge in [-0.2, -0.15) is 0 Å². The summed E-state index contributed by atoms with van der Waals surface area (Å²) in [4.78, 5) is 2.38. The lowest BCUT2D eigenvalue weighted by molar-refractivity contribution is 0.153. The molecule has 0 unspecified atom stereocenters. The summed E-state index contributed by atoms with van der Waals surface area (Å²) in [5.74, 6) is -0.0861. The van der Waals surface area contributed by atoms with Crippen LogP contribution >= 0.6 is 24.8 Å². The standard InChI is InChI=1S/C14H19FN2O.2ClH/c15-12-3-1-2-11(14(12)18)13(10-4-5-10)17-8-6-16-7-9-17;;/h1-3,10,13,16,18H,4-9H2;2*1H/t13-;;/m1../s1. The fourth-order valence-electron chi connectivity index (χ4n) is 2.89. The van der Waals surface area contributed by atoms with Crippen LogP contribution < -0.4 is 5.32 Å². The average Bonchev–Trinajstić information content (AvgIpc) is 3.21. The Hall–Kier alpha value is -0.550. The van der Waals surface area contributed by atoms with Crippen molar-refractivity contribution in [1.29, 1.82) is 0 Å². The van der Waals surface area contributed by atoms with Gasteiger partial charge in [-0.1, -0.05) is 12.1 Å². The molecule has 0 bridgehead atoms. The van der Waals surface area contributed by atoms with Gasteiger partial charge in [-0.3, -0.25) is 4.90 Å². The molecule has 1 atom stereocenters. The van der Waals surface area contributed by atoms with Crippen molar-refractivity contribution in [3.8, 4) is 5.75 Å². The molecule has 1 aliphatic heterocycles. The van der Waals surface area contributed by atoms with E-state index in [-0.39, 0.29) is 36.6 Å². The molecule has 1 saturated heterocycles. The van der Waals surface area contributed by atoms with Gasteiger partial charge in [0.15, 0.2) is 11.6 Å².